The van der Waals surface area contributed by atoms with Gasteiger partial charge in [0.05, 0.1) is 39.3 Å². The Morgan fingerprint density at radius 1 is 1.06 bits per heavy atom. The summed E-state index contributed by atoms with van der Waals surface area (Å²) in [6.45, 7) is 2.39. The van der Waals surface area contributed by atoms with Gasteiger partial charge in [-0.1, -0.05) is 12.1 Å². The highest BCUT2D eigenvalue weighted by molar-refractivity contribution is 7.77. The Morgan fingerprint density at radius 3 is 2.45 bits per heavy atom. The van der Waals surface area contributed by atoms with Crippen molar-refractivity contribution in [1.29, 1.82) is 0 Å². The third kappa shape index (κ3) is 4.62. The van der Waals surface area contributed by atoms with Gasteiger partial charge in [0.2, 0.25) is 17.1 Å². The van der Waals surface area contributed by atoms with Crippen molar-refractivity contribution in [3.63, 3.8) is 0 Å². The van der Waals surface area contributed by atoms with E-state index < -0.39 is 11.3 Å². The lowest BCUT2D eigenvalue weighted by atomic mass is 10.2. The molecule has 4 rings (SSSR count). The molecule has 12 heteroatoms. The number of aromatic nitrogens is 5. The molecule has 3 heterocycles. The topological polar surface area (TPSA) is 134 Å². The van der Waals surface area contributed by atoms with Crippen LogP contribution in [0.5, 0.6) is 17.4 Å². The fraction of sp³-hybridized carbons (Fsp3) is 0.238. The molecule has 4 aromatic rings. The number of imidazole rings is 1. The minimum atomic E-state index is -2.18. The van der Waals surface area contributed by atoms with Gasteiger partial charge in [-0.2, -0.15) is 0 Å². The second-order valence-electron chi connectivity index (χ2n) is 6.65. The highest BCUT2D eigenvalue weighted by Gasteiger charge is 2.23. The van der Waals surface area contributed by atoms with Crippen molar-refractivity contribution in [2.75, 3.05) is 20.8 Å². The molecule has 11 nitrogen and oxygen atoms in total. The maximum Gasteiger partial charge on any atom is 0.232 e. The van der Waals surface area contributed by atoms with Crippen LogP contribution in [0.2, 0.25) is 0 Å². The fourth-order valence-corrected chi connectivity index (χ4v) is 3.58. The number of hydrogen-bond acceptors (Lipinski definition) is 8. The number of nitrogens with one attached hydrogen (secondary N) is 1. The van der Waals surface area contributed by atoms with E-state index in [1.807, 2.05) is 19.1 Å². The van der Waals surface area contributed by atoms with Crippen molar-refractivity contribution in [3.05, 3.63) is 48.3 Å². The van der Waals surface area contributed by atoms with E-state index in [4.69, 9.17) is 18.8 Å². The molecule has 0 amide bonds. The molecule has 0 aliphatic heterocycles. The van der Waals surface area contributed by atoms with Crippen molar-refractivity contribution >= 4 is 22.6 Å². The Bertz CT molecular complexity index is 1290. The molecule has 0 aliphatic carbocycles. The number of rotatable bonds is 9. The van der Waals surface area contributed by atoms with Crippen LogP contribution in [-0.2, 0) is 17.8 Å². The number of methoxy groups -OCH3 is 2. The van der Waals surface area contributed by atoms with Gasteiger partial charge in [-0.15, -0.1) is 0 Å². The van der Waals surface area contributed by atoms with Gasteiger partial charge in [0, 0.05) is 6.07 Å². The van der Waals surface area contributed by atoms with E-state index in [0.717, 1.165) is 0 Å². The molecule has 1 unspecified atom stereocenters. The molecule has 0 spiro atoms. The lowest BCUT2D eigenvalue weighted by Crippen LogP contribution is -2.16. The summed E-state index contributed by atoms with van der Waals surface area (Å²) >= 11 is -2.18. The van der Waals surface area contributed by atoms with Crippen molar-refractivity contribution in [2.45, 2.75) is 13.5 Å². The number of pyridine rings is 1. The molecule has 1 atom stereocenters. The average Bonchev–Trinajstić information content (AvgIpc) is 3.21. The van der Waals surface area contributed by atoms with Gasteiger partial charge < -0.3 is 14.2 Å². The molecule has 0 fully saturated rings. The third-order valence-electron chi connectivity index (χ3n) is 4.67. The molecule has 0 bridgehead atoms. The first-order valence-electron chi connectivity index (χ1n) is 9.96. The van der Waals surface area contributed by atoms with E-state index in [9.17, 15) is 4.21 Å². The Labute approximate surface area is 192 Å². The summed E-state index contributed by atoms with van der Waals surface area (Å²) in [6, 6.07) is 10.8. The highest BCUT2D eigenvalue weighted by atomic mass is 32.2. The molecule has 3 aromatic heterocycles. The number of ether oxygens (including phenoxy) is 3. The second kappa shape index (κ2) is 9.90. The maximum absolute atomic E-state index is 11.0. The molecule has 0 saturated heterocycles. The molecule has 0 aliphatic rings. The SMILES string of the molecule is CCOc1cccc(-c2nc3ncc(CNS(=O)O)nc3n2-c2c(OC)cccc2OC)n1. The number of para-hydroxylation sites is 1. The first-order chi connectivity index (χ1) is 16.0. The quantitative estimate of drug-likeness (QED) is 0.354. The maximum atomic E-state index is 11.0. The van der Waals surface area contributed by atoms with Crippen molar-refractivity contribution in [1.82, 2.24) is 29.2 Å². The van der Waals surface area contributed by atoms with Gasteiger partial charge in [-0.3, -0.25) is 9.12 Å². The largest absolute Gasteiger partial charge is 0.494 e. The predicted molar refractivity (Wildman–Crippen MR) is 122 cm³/mol. The van der Waals surface area contributed by atoms with E-state index in [1.165, 1.54) is 6.20 Å². The molecule has 172 valence electrons. The van der Waals surface area contributed by atoms with Gasteiger partial charge >= 0.3 is 0 Å². The van der Waals surface area contributed by atoms with E-state index in [0.29, 0.717) is 58.2 Å². The van der Waals surface area contributed by atoms with Crippen LogP contribution in [0.15, 0.2) is 42.6 Å². The molecule has 2 N–H and O–H groups in total. The van der Waals surface area contributed by atoms with Gasteiger partial charge in [-0.05, 0) is 25.1 Å². The average molecular weight is 471 g/mol. The second-order valence-corrected chi connectivity index (χ2v) is 7.44. The number of hydrogen-bond donors (Lipinski definition) is 2. The summed E-state index contributed by atoms with van der Waals surface area (Å²) in [4.78, 5) is 18.3. The molecule has 33 heavy (non-hydrogen) atoms. The zero-order valence-electron chi connectivity index (χ0n) is 18.2. The summed E-state index contributed by atoms with van der Waals surface area (Å²) in [5, 5.41) is 0. The molecular formula is C21H22N6O5S. The van der Waals surface area contributed by atoms with Crippen LogP contribution in [0.3, 0.4) is 0 Å². The first-order valence-corrected chi connectivity index (χ1v) is 11.1. The van der Waals surface area contributed by atoms with Gasteiger partial charge in [0.1, 0.15) is 22.9 Å². The van der Waals surface area contributed by atoms with Gasteiger partial charge in [0.25, 0.3) is 0 Å². The summed E-state index contributed by atoms with van der Waals surface area (Å²) in [5.41, 5.74) is 2.30. The minimum absolute atomic E-state index is 0.0354. The summed E-state index contributed by atoms with van der Waals surface area (Å²) < 4.78 is 41.1. The highest BCUT2D eigenvalue weighted by Crippen LogP contribution is 2.37. The van der Waals surface area contributed by atoms with E-state index in [2.05, 4.69) is 24.7 Å². The molecule has 0 saturated carbocycles. The Balaban J connectivity index is 2.01. The number of fused-ring (bicyclic) bond motifs is 1. The van der Waals surface area contributed by atoms with Crippen LogP contribution < -0.4 is 18.9 Å². The standard InChI is InChI=1S/C21H22N6O5S/c1-4-32-17-10-5-7-14(25-17)20-26-19-21(24-13(11-22-19)12-23-33(28)29)27(20)18-15(30-2)8-6-9-16(18)31-3/h5-11,23H,4,12H2,1-3H3,(H,28,29). The summed E-state index contributed by atoms with van der Waals surface area (Å²) in [7, 11) is 3.12. The van der Waals surface area contributed by atoms with Crippen LogP contribution in [0, 0.1) is 0 Å². The predicted octanol–water partition coefficient (Wildman–Crippen LogP) is 2.52. The van der Waals surface area contributed by atoms with Gasteiger partial charge in [-0.25, -0.2) is 28.9 Å². The minimum Gasteiger partial charge on any atom is -0.494 e. The first kappa shape index (κ1) is 22.6. The van der Waals surface area contributed by atoms with E-state index in [1.54, 1.807) is 43.1 Å². The van der Waals surface area contributed by atoms with Crippen molar-refractivity contribution in [2.24, 2.45) is 0 Å². The summed E-state index contributed by atoms with van der Waals surface area (Å²) in [6.07, 6.45) is 1.49. The number of nitrogens with zero attached hydrogens (tertiary/aromatic N) is 5. The van der Waals surface area contributed by atoms with Crippen LogP contribution in [0.1, 0.15) is 12.6 Å². The Hall–Kier alpha value is -3.61. The Kier molecular flexibility index (Phi) is 6.77. The number of benzene rings is 1. The van der Waals surface area contributed by atoms with Crippen LogP contribution in [0.25, 0.3) is 28.5 Å². The lowest BCUT2D eigenvalue weighted by Gasteiger charge is -2.16. The molecular weight excluding hydrogens is 448 g/mol. The van der Waals surface area contributed by atoms with Crippen molar-refractivity contribution in [3.8, 4) is 34.6 Å². The molecule has 1 aromatic carbocycles. The Morgan fingerprint density at radius 2 is 1.79 bits per heavy atom. The monoisotopic (exact) mass is 470 g/mol. The molecule has 0 radical (unpaired) electrons. The lowest BCUT2D eigenvalue weighted by molar-refractivity contribution is 0.327. The zero-order valence-corrected chi connectivity index (χ0v) is 19.0. The van der Waals surface area contributed by atoms with E-state index in [-0.39, 0.29) is 6.54 Å². The van der Waals surface area contributed by atoms with Crippen LogP contribution >= 0.6 is 0 Å². The van der Waals surface area contributed by atoms with Crippen LogP contribution in [0.4, 0.5) is 0 Å². The smallest absolute Gasteiger partial charge is 0.232 e. The van der Waals surface area contributed by atoms with E-state index >= 15 is 0 Å². The third-order valence-corrected chi connectivity index (χ3v) is 5.06. The zero-order chi connectivity index (χ0) is 23.4. The fourth-order valence-electron chi connectivity index (χ4n) is 3.31. The normalized spacial score (nSPS) is 12.0. The van der Waals surface area contributed by atoms with Gasteiger partial charge in [0.15, 0.2) is 17.1 Å². The van der Waals surface area contributed by atoms with Crippen LogP contribution in [-0.4, -0.2) is 54.1 Å². The van der Waals surface area contributed by atoms with Crippen molar-refractivity contribution < 1.29 is 23.0 Å². The summed E-state index contributed by atoms with van der Waals surface area (Å²) in [5.74, 6) is 1.96.